The van der Waals surface area contributed by atoms with E-state index in [0.717, 1.165) is 11.6 Å². The fraction of sp³-hybridized carbons (Fsp3) is 0.304. The van der Waals surface area contributed by atoms with Gasteiger partial charge in [-0.3, -0.25) is 9.59 Å². The molecule has 1 fully saturated rings. The summed E-state index contributed by atoms with van der Waals surface area (Å²) >= 11 is 6.07. The molecule has 1 saturated heterocycles. The van der Waals surface area contributed by atoms with E-state index < -0.39 is 5.82 Å². The third-order valence-corrected chi connectivity index (χ3v) is 6.31. The molecule has 8 nitrogen and oxygen atoms in total. The summed E-state index contributed by atoms with van der Waals surface area (Å²) in [6.45, 7) is 2.01. The van der Waals surface area contributed by atoms with E-state index in [1.165, 1.54) is 12.1 Å². The van der Waals surface area contributed by atoms with Crippen molar-refractivity contribution in [1.29, 1.82) is 0 Å². The van der Waals surface area contributed by atoms with Gasteiger partial charge in [-0.05, 0) is 23.8 Å². The van der Waals surface area contributed by atoms with Gasteiger partial charge in [0.1, 0.15) is 11.9 Å². The Morgan fingerprint density at radius 2 is 1.70 bits per heavy atom. The minimum Gasteiger partial charge on any atom is -0.365 e. The molecule has 33 heavy (non-hydrogen) atoms. The van der Waals surface area contributed by atoms with Gasteiger partial charge in [-0.1, -0.05) is 47.1 Å². The SMILES string of the molecule is O=C(c1cc(F)ccc1Cl)N1CCN(C(=O)c2nnn3c2CO[C@H](c2ccccc2)C3)CC1. The van der Waals surface area contributed by atoms with Crippen molar-refractivity contribution >= 4 is 23.4 Å². The number of benzene rings is 2. The average molecular weight is 470 g/mol. The lowest BCUT2D eigenvalue weighted by Crippen LogP contribution is -2.51. The smallest absolute Gasteiger partial charge is 0.276 e. The van der Waals surface area contributed by atoms with Crippen LogP contribution in [0.2, 0.25) is 5.02 Å². The summed E-state index contributed by atoms with van der Waals surface area (Å²) in [5.41, 5.74) is 2.09. The first-order valence-corrected chi connectivity index (χ1v) is 11.0. The highest BCUT2D eigenvalue weighted by atomic mass is 35.5. The molecule has 1 aromatic heterocycles. The Labute approximate surface area is 194 Å². The van der Waals surface area contributed by atoms with Crippen LogP contribution in [-0.2, 0) is 17.9 Å². The summed E-state index contributed by atoms with van der Waals surface area (Å²) in [4.78, 5) is 29.1. The molecule has 170 valence electrons. The zero-order chi connectivity index (χ0) is 22.9. The number of aromatic nitrogens is 3. The van der Waals surface area contributed by atoms with Crippen molar-refractivity contribution in [2.45, 2.75) is 19.3 Å². The minimum absolute atomic E-state index is 0.119. The number of nitrogens with zero attached hydrogens (tertiary/aromatic N) is 5. The number of piperazine rings is 1. The maximum absolute atomic E-state index is 13.6. The minimum atomic E-state index is -0.523. The number of rotatable bonds is 3. The first-order valence-electron chi connectivity index (χ1n) is 10.6. The predicted octanol–water partition coefficient (Wildman–Crippen LogP) is 2.94. The van der Waals surface area contributed by atoms with Gasteiger partial charge in [0.25, 0.3) is 11.8 Å². The summed E-state index contributed by atoms with van der Waals surface area (Å²) in [6.07, 6.45) is -0.146. The third kappa shape index (κ3) is 4.21. The average Bonchev–Trinajstić information content (AvgIpc) is 3.28. The molecule has 2 amide bonds. The Bertz CT molecular complexity index is 1190. The second kappa shape index (κ2) is 8.92. The largest absolute Gasteiger partial charge is 0.365 e. The molecule has 2 aliphatic heterocycles. The highest BCUT2D eigenvalue weighted by molar-refractivity contribution is 6.33. The zero-order valence-corrected chi connectivity index (χ0v) is 18.4. The maximum atomic E-state index is 13.6. The number of fused-ring (bicyclic) bond motifs is 1. The summed E-state index contributed by atoms with van der Waals surface area (Å²) in [6, 6.07) is 13.6. The molecule has 0 spiro atoms. The highest BCUT2D eigenvalue weighted by Crippen LogP contribution is 2.27. The van der Waals surface area contributed by atoms with Crippen LogP contribution in [0.5, 0.6) is 0 Å². The molecule has 5 rings (SSSR count). The summed E-state index contributed by atoms with van der Waals surface area (Å²) in [5, 5.41) is 8.50. The van der Waals surface area contributed by atoms with Crippen molar-refractivity contribution in [2.24, 2.45) is 0 Å². The number of amides is 2. The van der Waals surface area contributed by atoms with Crippen molar-refractivity contribution < 1.29 is 18.7 Å². The van der Waals surface area contributed by atoms with Gasteiger partial charge in [0, 0.05) is 26.2 Å². The topological polar surface area (TPSA) is 80.6 Å². The van der Waals surface area contributed by atoms with Gasteiger partial charge in [-0.15, -0.1) is 5.10 Å². The number of hydrogen-bond acceptors (Lipinski definition) is 5. The Morgan fingerprint density at radius 1 is 1.00 bits per heavy atom. The number of carbonyl (C=O) groups is 2. The number of hydrogen-bond donors (Lipinski definition) is 0. The fourth-order valence-corrected chi connectivity index (χ4v) is 4.34. The molecule has 3 heterocycles. The van der Waals surface area contributed by atoms with Gasteiger partial charge in [-0.25, -0.2) is 9.07 Å². The van der Waals surface area contributed by atoms with Crippen LogP contribution in [0, 0.1) is 5.82 Å². The van der Waals surface area contributed by atoms with E-state index in [0.29, 0.717) is 38.4 Å². The lowest BCUT2D eigenvalue weighted by Gasteiger charge is -2.34. The maximum Gasteiger partial charge on any atom is 0.276 e. The van der Waals surface area contributed by atoms with Gasteiger partial charge >= 0.3 is 0 Å². The lowest BCUT2D eigenvalue weighted by atomic mass is 10.1. The van der Waals surface area contributed by atoms with E-state index in [1.807, 2.05) is 30.3 Å². The van der Waals surface area contributed by atoms with Crippen molar-refractivity contribution in [2.75, 3.05) is 26.2 Å². The monoisotopic (exact) mass is 469 g/mol. The van der Waals surface area contributed by atoms with Gasteiger partial charge in [-0.2, -0.15) is 0 Å². The first kappa shape index (κ1) is 21.5. The molecule has 0 unspecified atom stereocenters. The molecular weight excluding hydrogens is 449 g/mol. The molecule has 0 aliphatic carbocycles. The van der Waals surface area contributed by atoms with E-state index >= 15 is 0 Å². The van der Waals surface area contributed by atoms with Crippen LogP contribution in [0.25, 0.3) is 0 Å². The molecular formula is C23H21ClFN5O3. The second-order valence-corrected chi connectivity index (χ2v) is 8.39. The van der Waals surface area contributed by atoms with Gasteiger partial charge in [0.2, 0.25) is 0 Å². The fourth-order valence-electron chi connectivity index (χ4n) is 4.14. The Kier molecular flexibility index (Phi) is 5.82. The van der Waals surface area contributed by atoms with Crippen LogP contribution in [0.3, 0.4) is 0 Å². The molecule has 2 aromatic carbocycles. The molecule has 2 aliphatic rings. The Hall–Kier alpha value is -3.30. The zero-order valence-electron chi connectivity index (χ0n) is 17.7. The predicted molar refractivity (Wildman–Crippen MR) is 117 cm³/mol. The molecule has 0 N–H and O–H groups in total. The third-order valence-electron chi connectivity index (χ3n) is 5.98. The Balaban J connectivity index is 1.24. The number of ether oxygens (including phenoxy) is 1. The van der Waals surface area contributed by atoms with Gasteiger partial charge < -0.3 is 14.5 Å². The van der Waals surface area contributed by atoms with Crippen LogP contribution in [0.4, 0.5) is 4.39 Å². The van der Waals surface area contributed by atoms with E-state index in [1.54, 1.807) is 14.5 Å². The second-order valence-electron chi connectivity index (χ2n) is 7.99. The summed E-state index contributed by atoms with van der Waals surface area (Å²) in [5.74, 6) is -1.12. The lowest BCUT2D eigenvalue weighted by molar-refractivity contribution is -0.00202. The van der Waals surface area contributed by atoms with E-state index in [4.69, 9.17) is 16.3 Å². The summed E-state index contributed by atoms with van der Waals surface area (Å²) < 4.78 is 21.3. The van der Waals surface area contributed by atoms with Crippen LogP contribution in [-0.4, -0.2) is 62.8 Å². The Morgan fingerprint density at radius 3 is 2.42 bits per heavy atom. The molecule has 10 heteroatoms. The summed E-state index contributed by atoms with van der Waals surface area (Å²) in [7, 11) is 0. The van der Waals surface area contributed by atoms with Gasteiger partial charge in [0.15, 0.2) is 5.69 Å². The molecule has 1 atom stereocenters. The van der Waals surface area contributed by atoms with Crippen LogP contribution >= 0.6 is 11.6 Å². The normalized spacial score (nSPS) is 18.2. The number of halogens is 2. The van der Waals surface area contributed by atoms with Crippen molar-refractivity contribution in [3.05, 3.63) is 81.9 Å². The molecule has 0 bridgehead atoms. The van der Waals surface area contributed by atoms with Crippen LogP contribution in [0.15, 0.2) is 48.5 Å². The molecule has 0 saturated carbocycles. The van der Waals surface area contributed by atoms with E-state index in [2.05, 4.69) is 10.3 Å². The van der Waals surface area contributed by atoms with Crippen molar-refractivity contribution in [1.82, 2.24) is 24.8 Å². The van der Waals surface area contributed by atoms with Crippen molar-refractivity contribution in [3.63, 3.8) is 0 Å². The number of carbonyl (C=O) groups excluding carboxylic acids is 2. The first-order chi connectivity index (χ1) is 16.0. The van der Waals surface area contributed by atoms with Gasteiger partial charge in [0.05, 0.1) is 29.4 Å². The van der Waals surface area contributed by atoms with Crippen molar-refractivity contribution in [3.8, 4) is 0 Å². The molecule has 3 aromatic rings. The quantitative estimate of drug-likeness (QED) is 0.589. The molecule has 0 radical (unpaired) electrons. The highest BCUT2D eigenvalue weighted by Gasteiger charge is 2.32. The van der Waals surface area contributed by atoms with E-state index in [9.17, 15) is 14.0 Å². The van der Waals surface area contributed by atoms with Crippen LogP contribution in [0.1, 0.15) is 38.2 Å². The van der Waals surface area contributed by atoms with E-state index in [-0.39, 0.29) is 40.8 Å². The van der Waals surface area contributed by atoms with Crippen LogP contribution < -0.4 is 0 Å². The standard InChI is InChI=1S/C23H21ClFN5O3/c24-18-7-6-16(25)12-17(18)22(31)28-8-10-29(11-9-28)23(32)21-19-14-33-20(13-30(19)27-26-21)15-4-2-1-3-5-15/h1-7,12,20H,8-11,13-14H2/t20-/m0/s1.